The van der Waals surface area contributed by atoms with Crippen LogP contribution in [0.5, 0.6) is 0 Å². The molecule has 0 nitrogen and oxygen atoms in total. The average Bonchev–Trinajstić information content (AvgIpc) is 1.41. The Morgan fingerprint density at radius 1 is 0.800 bits per heavy atom. The van der Waals surface area contributed by atoms with Crippen LogP contribution in [0.3, 0.4) is 0 Å². The summed E-state index contributed by atoms with van der Waals surface area (Å²) in [6, 6.07) is 0. The van der Waals surface area contributed by atoms with Crippen LogP contribution in [-0.4, -0.2) is 0 Å². The van der Waals surface area contributed by atoms with E-state index < -0.39 is 0 Å². The van der Waals surface area contributed by atoms with Gasteiger partial charge in [-0.1, -0.05) is 71.2 Å². The van der Waals surface area contributed by atoms with Crippen LogP contribution < -0.4 is 0 Å². The van der Waals surface area contributed by atoms with Crippen LogP contribution >= 0.6 is 0 Å². The van der Waals surface area contributed by atoms with Gasteiger partial charge in [0.1, 0.15) is 0 Å². The quantitative estimate of drug-likeness (QED) is 0.461. The normalized spacial score (nSPS) is 4.30. The summed E-state index contributed by atoms with van der Waals surface area (Å²) >= 11 is 0. The first-order valence-corrected chi connectivity index (χ1v) is 1.71. The van der Waals surface area contributed by atoms with Crippen molar-refractivity contribution in [3.05, 3.63) is 0 Å². The van der Waals surface area contributed by atoms with Gasteiger partial charge in [-0.25, -0.2) is 0 Å². The first kappa shape index (κ1) is 50.6. The van der Waals surface area contributed by atoms with Gasteiger partial charge in [-0.3, -0.25) is 0 Å². The fourth-order valence-electron chi connectivity index (χ4n) is 0. The molecule has 10 heavy (non-hydrogen) atoms. The minimum absolute atomic E-state index is 0. The van der Waals surface area contributed by atoms with E-state index in [0.717, 1.165) is 12.8 Å². The number of hydrogen-bond donors (Lipinski definition) is 0. The fraction of sp³-hybridized carbons (Fsp3) is 1.00. The average molecular weight is 155 g/mol. The van der Waals surface area contributed by atoms with Crippen LogP contribution in [-0.2, 0) is 0 Å². The van der Waals surface area contributed by atoms with Gasteiger partial charge in [0.15, 0.2) is 0 Å². The van der Waals surface area contributed by atoms with E-state index in [0.29, 0.717) is 6.90 Å². The Balaban J connectivity index is -0.00000000533. The molecule has 0 amide bonds. The van der Waals surface area contributed by atoms with Gasteiger partial charge >= 0.3 is 0 Å². The lowest BCUT2D eigenvalue weighted by atomic mass is 10.4. The van der Waals surface area contributed by atoms with E-state index in [4.69, 9.17) is 1.37 Å². The first-order chi connectivity index (χ1) is 2.41. The SMILES string of the molecule is C.C.C.C.C.C.[2H]CCCC. The summed E-state index contributed by atoms with van der Waals surface area (Å²) in [6.07, 6.45) is 2.21. The number of hydrogen-bond acceptors (Lipinski definition) is 0. The zero-order valence-corrected chi connectivity index (χ0v) is 3.12. The van der Waals surface area contributed by atoms with E-state index in [9.17, 15) is 0 Å². The molecule has 0 aliphatic rings. The molecule has 74 valence electrons. The minimum Gasteiger partial charge on any atom is -0.0776 e. The van der Waals surface area contributed by atoms with Crippen molar-refractivity contribution in [1.29, 1.82) is 0 Å². The highest BCUT2D eigenvalue weighted by Gasteiger charge is 1.56. The van der Waals surface area contributed by atoms with E-state index in [1.807, 2.05) is 0 Å². The Hall–Kier alpha value is 0. The summed E-state index contributed by atoms with van der Waals surface area (Å²) in [5.74, 6) is 0. The molecule has 0 radical (unpaired) electrons. The predicted molar refractivity (Wildman–Crippen MR) is 61.0 cm³/mol. The predicted octanol–water partition coefficient (Wildman–Crippen LogP) is 5.62. The molecule has 0 fully saturated rings. The Morgan fingerprint density at radius 2 is 1.10 bits per heavy atom. The maximum absolute atomic E-state index is 6.60. The number of rotatable bonds is 1. The van der Waals surface area contributed by atoms with Crippen LogP contribution in [0.4, 0.5) is 0 Å². The molecular formula is C10H34. The Morgan fingerprint density at radius 3 is 1.10 bits per heavy atom. The highest BCUT2D eigenvalue weighted by atomic mass is 13.6. The lowest BCUT2D eigenvalue weighted by Crippen LogP contribution is -1.47. The van der Waals surface area contributed by atoms with Crippen LogP contribution in [0.2, 0.25) is 0 Å². The fourth-order valence-corrected chi connectivity index (χ4v) is 0. The summed E-state index contributed by atoms with van der Waals surface area (Å²) in [4.78, 5) is 0. The summed E-state index contributed by atoms with van der Waals surface area (Å²) in [7, 11) is 0. The van der Waals surface area contributed by atoms with Crippen LogP contribution in [0.25, 0.3) is 0 Å². The summed E-state index contributed by atoms with van der Waals surface area (Å²) in [5.41, 5.74) is 0. The van der Waals surface area contributed by atoms with E-state index in [1.54, 1.807) is 0 Å². The van der Waals surface area contributed by atoms with Gasteiger partial charge < -0.3 is 0 Å². The Kier molecular flexibility index (Phi) is 729. The zero-order chi connectivity index (χ0) is 4.12. The van der Waals surface area contributed by atoms with Crippen molar-refractivity contribution in [2.24, 2.45) is 0 Å². The molecule has 0 aromatic rings. The van der Waals surface area contributed by atoms with Crippen molar-refractivity contribution in [3.8, 4) is 0 Å². The van der Waals surface area contributed by atoms with Gasteiger partial charge in [0.2, 0.25) is 0 Å². The van der Waals surface area contributed by atoms with Crippen molar-refractivity contribution < 1.29 is 1.37 Å². The molecule has 0 heteroatoms. The smallest absolute Gasteiger partial charge is 0.0230 e. The molecule has 0 rings (SSSR count). The highest BCUT2D eigenvalue weighted by molar-refractivity contribution is 4.12. The topological polar surface area (TPSA) is 0 Å². The first-order valence-electron chi connectivity index (χ1n) is 2.41. The molecule has 0 N–H and O–H groups in total. The second-order valence-electron chi connectivity index (χ2n) is 0.854. The molecule has 0 saturated carbocycles. The van der Waals surface area contributed by atoms with Crippen LogP contribution in [0.1, 0.15) is 72.6 Å². The van der Waals surface area contributed by atoms with Crippen molar-refractivity contribution >= 4 is 0 Å². The van der Waals surface area contributed by atoms with Crippen molar-refractivity contribution in [2.45, 2.75) is 71.2 Å². The largest absolute Gasteiger partial charge is 0.0776 e. The molecule has 0 spiro atoms. The van der Waals surface area contributed by atoms with Gasteiger partial charge in [-0.05, 0) is 0 Å². The second-order valence-corrected chi connectivity index (χ2v) is 0.854. The summed E-state index contributed by atoms with van der Waals surface area (Å²) in [5, 5.41) is 0. The lowest BCUT2D eigenvalue weighted by Gasteiger charge is -1.68. The summed E-state index contributed by atoms with van der Waals surface area (Å²) < 4.78 is 6.60. The molecule has 0 bridgehead atoms. The van der Waals surface area contributed by atoms with Gasteiger partial charge in [0, 0.05) is 1.37 Å². The van der Waals surface area contributed by atoms with Crippen LogP contribution in [0.15, 0.2) is 0 Å². The zero-order valence-electron chi connectivity index (χ0n) is 4.12. The molecule has 0 aliphatic heterocycles. The molecular weight excluding hydrogens is 120 g/mol. The summed E-state index contributed by atoms with van der Waals surface area (Å²) in [6.45, 7) is 2.69. The molecule has 0 saturated heterocycles. The van der Waals surface area contributed by atoms with Crippen molar-refractivity contribution in [2.75, 3.05) is 0 Å². The lowest BCUT2D eigenvalue weighted by molar-refractivity contribution is 0.886. The van der Waals surface area contributed by atoms with E-state index in [1.165, 1.54) is 0 Å². The monoisotopic (exact) mass is 155 g/mol. The molecule has 0 aromatic carbocycles. The maximum Gasteiger partial charge on any atom is 0.0230 e. The van der Waals surface area contributed by atoms with Gasteiger partial charge in [-0.15, -0.1) is 0 Å². The highest BCUT2D eigenvalue weighted by Crippen LogP contribution is 1.76. The standard InChI is InChI=1S/C4H10.6CH4/c1-3-4-2;;;;;;/h3-4H2,1-2H3;6*1H4/i1D;;;;;;. The van der Waals surface area contributed by atoms with E-state index in [-0.39, 0.29) is 44.6 Å². The molecule has 0 unspecified atom stereocenters. The van der Waals surface area contributed by atoms with E-state index >= 15 is 0 Å². The third kappa shape index (κ3) is 392. The Labute approximate surface area is 73.5 Å². The van der Waals surface area contributed by atoms with Crippen molar-refractivity contribution in [3.63, 3.8) is 0 Å². The molecule has 0 aromatic heterocycles. The minimum atomic E-state index is 0. The number of unbranched alkanes of at least 4 members (excludes halogenated alkanes) is 1. The van der Waals surface area contributed by atoms with Gasteiger partial charge in [0.05, 0.1) is 0 Å². The third-order valence-electron chi connectivity index (χ3n) is 0.354. The second kappa shape index (κ2) is 144. The van der Waals surface area contributed by atoms with Gasteiger partial charge in [-0.2, -0.15) is 0 Å². The Bertz CT molecular complexity index is 12.3. The molecule has 0 atom stereocenters. The van der Waals surface area contributed by atoms with Crippen molar-refractivity contribution in [1.82, 2.24) is 0 Å². The van der Waals surface area contributed by atoms with Crippen LogP contribution in [0, 0.1) is 0 Å². The van der Waals surface area contributed by atoms with E-state index in [2.05, 4.69) is 6.92 Å². The molecule has 0 aliphatic carbocycles. The van der Waals surface area contributed by atoms with Gasteiger partial charge in [0.25, 0.3) is 0 Å². The maximum atomic E-state index is 6.60. The third-order valence-corrected chi connectivity index (χ3v) is 0.354. The molecule has 0 heterocycles.